The van der Waals surface area contributed by atoms with Crippen molar-refractivity contribution in [3.05, 3.63) is 48.8 Å². The summed E-state index contributed by atoms with van der Waals surface area (Å²) in [6.07, 6.45) is 3.97. The van der Waals surface area contributed by atoms with Crippen LogP contribution in [0.3, 0.4) is 0 Å². The summed E-state index contributed by atoms with van der Waals surface area (Å²) in [6.45, 7) is 0. The quantitative estimate of drug-likeness (QED) is 0.588. The molecule has 0 radical (unpaired) electrons. The van der Waals surface area contributed by atoms with Crippen molar-refractivity contribution in [2.45, 2.75) is 4.90 Å². The molecule has 0 bridgehead atoms. The third-order valence-electron chi connectivity index (χ3n) is 2.61. The first-order valence-corrected chi connectivity index (χ1v) is 6.96. The third kappa shape index (κ3) is 2.10. The highest BCUT2D eigenvalue weighted by molar-refractivity contribution is 7.87. The Hall–Kier alpha value is -2.48. The maximum absolute atomic E-state index is 13.4. The summed E-state index contributed by atoms with van der Waals surface area (Å²) in [5.74, 6) is -1.44. The van der Waals surface area contributed by atoms with Crippen LogP contribution in [-0.4, -0.2) is 23.4 Å². The van der Waals surface area contributed by atoms with Gasteiger partial charge in [-0.15, -0.1) is 0 Å². The first-order valence-electron chi connectivity index (χ1n) is 5.55. The molecule has 0 unspecified atom stereocenters. The van der Waals surface area contributed by atoms with E-state index in [1.807, 2.05) is 0 Å². The molecular formula is C12H8FN3O3S. The lowest BCUT2D eigenvalue weighted by Crippen LogP contribution is -2.10. The molecule has 0 amide bonds. The molecule has 0 spiro atoms. The van der Waals surface area contributed by atoms with Crippen LogP contribution in [0.25, 0.3) is 11.0 Å². The van der Waals surface area contributed by atoms with E-state index in [-0.39, 0.29) is 4.90 Å². The van der Waals surface area contributed by atoms with Gasteiger partial charge in [-0.1, -0.05) is 0 Å². The van der Waals surface area contributed by atoms with Gasteiger partial charge in [0.05, 0.1) is 0 Å². The Morgan fingerprint density at radius 2 is 1.90 bits per heavy atom. The smallest absolute Gasteiger partial charge is 0.341 e. The number of hydrogen-bond donors (Lipinski definition) is 1. The van der Waals surface area contributed by atoms with E-state index in [2.05, 4.69) is 15.0 Å². The van der Waals surface area contributed by atoms with Gasteiger partial charge in [-0.2, -0.15) is 12.8 Å². The first kappa shape index (κ1) is 12.5. The maximum Gasteiger partial charge on any atom is 0.341 e. The van der Waals surface area contributed by atoms with Crippen molar-refractivity contribution in [3.8, 4) is 5.75 Å². The fraction of sp³-hybridized carbons (Fsp3) is 0. The average Bonchev–Trinajstić information content (AvgIpc) is 2.86. The minimum atomic E-state index is -4.17. The molecule has 8 heteroatoms. The van der Waals surface area contributed by atoms with Crippen molar-refractivity contribution >= 4 is 21.2 Å². The van der Waals surface area contributed by atoms with E-state index in [4.69, 9.17) is 4.18 Å². The molecule has 0 saturated carbocycles. The summed E-state index contributed by atoms with van der Waals surface area (Å²) in [4.78, 5) is 9.92. The molecule has 0 fully saturated rings. The third-order valence-corrected chi connectivity index (χ3v) is 3.88. The predicted octanol–water partition coefficient (Wildman–Crippen LogP) is 1.86. The molecule has 6 nitrogen and oxygen atoms in total. The second kappa shape index (κ2) is 4.57. The molecule has 20 heavy (non-hydrogen) atoms. The molecule has 0 aliphatic rings. The highest BCUT2D eigenvalue weighted by Gasteiger charge is 2.23. The van der Waals surface area contributed by atoms with Crippen molar-refractivity contribution in [1.82, 2.24) is 15.0 Å². The fourth-order valence-corrected chi connectivity index (χ4v) is 2.82. The minimum absolute atomic E-state index is 0.108. The van der Waals surface area contributed by atoms with Gasteiger partial charge in [-0.05, 0) is 24.3 Å². The number of nitrogens with zero attached hydrogens (tertiary/aromatic N) is 2. The van der Waals surface area contributed by atoms with Gasteiger partial charge >= 0.3 is 10.1 Å². The van der Waals surface area contributed by atoms with Crippen LogP contribution >= 0.6 is 0 Å². The lowest BCUT2D eigenvalue weighted by Gasteiger charge is -2.05. The second-order valence-electron chi connectivity index (χ2n) is 3.88. The number of fused-ring (bicyclic) bond motifs is 1. The van der Waals surface area contributed by atoms with Crippen molar-refractivity contribution in [2.24, 2.45) is 0 Å². The van der Waals surface area contributed by atoms with Crippen LogP contribution < -0.4 is 4.18 Å². The summed E-state index contributed by atoms with van der Waals surface area (Å²) in [7, 11) is -4.17. The summed E-state index contributed by atoms with van der Waals surface area (Å²) >= 11 is 0. The van der Waals surface area contributed by atoms with Gasteiger partial charge < -0.3 is 9.17 Å². The van der Waals surface area contributed by atoms with E-state index in [9.17, 15) is 12.8 Å². The zero-order valence-electron chi connectivity index (χ0n) is 9.95. The lowest BCUT2D eigenvalue weighted by molar-refractivity contribution is 0.451. The first-order chi connectivity index (χ1) is 9.58. The number of nitrogens with one attached hydrogen (secondary N) is 1. The minimum Gasteiger partial charge on any atom is -0.374 e. The second-order valence-corrected chi connectivity index (χ2v) is 5.40. The van der Waals surface area contributed by atoms with Crippen LogP contribution in [-0.2, 0) is 10.1 Å². The molecule has 3 rings (SSSR count). The van der Waals surface area contributed by atoms with Gasteiger partial charge in [0.15, 0.2) is 5.75 Å². The average molecular weight is 293 g/mol. The molecule has 0 aromatic carbocycles. The number of H-pyrrole nitrogens is 1. The molecule has 0 atom stereocenters. The number of aromatic amines is 1. The molecule has 3 heterocycles. The number of halogens is 1. The standard InChI is InChI=1S/C12H8FN3O3S/c13-11-9(4-2-5-14-11)19-20(17,18)10-7-16-12-8(10)3-1-6-15-12/h1-7H,(H,15,16). The number of pyridine rings is 2. The van der Waals surface area contributed by atoms with Gasteiger partial charge in [-0.3, -0.25) is 0 Å². The van der Waals surface area contributed by atoms with Crippen LogP contribution in [0.2, 0.25) is 0 Å². The Labute approximate surface area is 113 Å². The molecule has 0 saturated heterocycles. The molecule has 102 valence electrons. The van der Waals surface area contributed by atoms with Crippen molar-refractivity contribution in [2.75, 3.05) is 0 Å². The Morgan fingerprint density at radius 3 is 2.70 bits per heavy atom. The summed E-state index contributed by atoms with van der Waals surface area (Å²) in [6, 6.07) is 5.74. The molecular weight excluding hydrogens is 285 g/mol. The molecule has 0 aliphatic heterocycles. The Bertz CT molecular complexity index is 876. The van der Waals surface area contributed by atoms with E-state index in [0.717, 1.165) is 0 Å². The van der Waals surface area contributed by atoms with E-state index < -0.39 is 21.8 Å². The van der Waals surface area contributed by atoms with Crippen LogP contribution in [0.4, 0.5) is 4.39 Å². The molecule has 1 N–H and O–H groups in total. The van der Waals surface area contributed by atoms with E-state index in [1.165, 1.54) is 30.7 Å². The highest BCUT2D eigenvalue weighted by Crippen LogP contribution is 2.25. The molecule has 0 aliphatic carbocycles. The van der Waals surface area contributed by atoms with Crippen LogP contribution in [0.5, 0.6) is 5.75 Å². The van der Waals surface area contributed by atoms with Crippen LogP contribution in [0, 0.1) is 5.95 Å². The van der Waals surface area contributed by atoms with Gasteiger partial charge in [0.1, 0.15) is 10.5 Å². The number of hydrogen-bond acceptors (Lipinski definition) is 5. The monoisotopic (exact) mass is 293 g/mol. The van der Waals surface area contributed by atoms with Crippen molar-refractivity contribution < 1.29 is 17.0 Å². The largest absolute Gasteiger partial charge is 0.374 e. The summed E-state index contributed by atoms with van der Waals surface area (Å²) < 4.78 is 42.5. The van der Waals surface area contributed by atoms with Crippen molar-refractivity contribution in [3.63, 3.8) is 0 Å². The van der Waals surface area contributed by atoms with Crippen molar-refractivity contribution in [1.29, 1.82) is 0 Å². The molecule has 3 aromatic rings. The fourth-order valence-electron chi connectivity index (χ4n) is 1.73. The topological polar surface area (TPSA) is 84.9 Å². The van der Waals surface area contributed by atoms with E-state index >= 15 is 0 Å². The SMILES string of the molecule is O=S(=O)(Oc1cccnc1F)c1c[nH]c2ncccc12. The number of aromatic nitrogens is 3. The lowest BCUT2D eigenvalue weighted by atomic mass is 10.3. The Balaban J connectivity index is 2.07. The summed E-state index contributed by atoms with van der Waals surface area (Å²) in [5.41, 5.74) is 0.404. The number of rotatable bonds is 3. The zero-order chi connectivity index (χ0) is 14.2. The van der Waals surface area contributed by atoms with Gasteiger partial charge in [0, 0.05) is 24.0 Å². The van der Waals surface area contributed by atoms with Gasteiger partial charge in [-0.25, -0.2) is 9.97 Å². The summed E-state index contributed by atoms with van der Waals surface area (Å²) in [5, 5.41) is 0.372. The van der Waals surface area contributed by atoms with Gasteiger partial charge in [0.25, 0.3) is 5.95 Å². The van der Waals surface area contributed by atoms with Crippen LogP contribution in [0.15, 0.2) is 47.8 Å². The van der Waals surface area contributed by atoms with Crippen LogP contribution in [0.1, 0.15) is 0 Å². The Morgan fingerprint density at radius 1 is 1.15 bits per heavy atom. The maximum atomic E-state index is 13.4. The van der Waals surface area contributed by atoms with E-state index in [0.29, 0.717) is 11.0 Å². The van der Waals surface area contributed by atoms with E-state index in [1.54, 1.807) is 12.1 Å². The molecule has 3 aromatic heterocycles. The van der Waals surface area contributed by atoms with Gasteiger partial charge in [0.2, 0.25) is 0 Å². The predicted molar refractivity (Wildman–Crippen MR) is 68.1 cm³/mol. The normalized spacial score (nSPS) is 11.7. The Kier molecular flexibility index (Phi) is 2.87. The zero-order valence-corrected chi connectivity index (χ0v) is 10.8. The highest BCUT2D eigenvalue weighted by atomic mass is 32.2.